The van der Waals surface area contributed by atoms with Crippen LogP contribution in [0.1, 0.15) is 34.5 Å². The number of hydrogen-bond donors (Lipinski definition) is 0. The number of hydrogen-bond acceptors (Lipinski definition) is 5. The van der Waals surface area contributed by atoms with Gasteiger partial charge in [0.25, 0.3) is 0 Å². The normalized spacial score (nSPS) is 13.2. The van der Waals surface area contributed by atoms with Crippen LogP contribution in [-0.2, 0) is 24.2 Å². The number of carbonyl (C=O) groups is 1. The van der Waals surface area contributed by atoms with Gasteiger partial charge in [-0.05, 0) is 49.4 Å². The van der Waals surface area contributed by atoms with Gasteiger partial charge >= 0.3 is 0 Å². The number of fused-ring (bicyclic) bond motifs is 1. The largest absolute Gasteiger partial charge is 0.340 e. The van der Waals surface area contributed by atoms with E-state index in [2.05, 4.69) is 11.1 Å². The lowest BCUT2D eigenvalue weighted by Crippen LogP contribution is -2.27. The molecule has 7 heteroatoms. The van der Waals surface area contributed by atoms with E-state index in [0.29, 0.717) is 17.1 Å². The molecule has 0 aliphatic heterocycles. The highest BCUT2D eigenvalue weighted by Crippen LogP contribution is 2.28. The topological polar surface area (TPSA) is 57.0 Å². The zero-order chi connectivity index (χ0) is 17.8. The molecule has 0 bridgehead atoms. The molecule has 3 rings (SSSR count). The highest BCUT2D eigenvalue weighted by Gasteiger charge is 2.17. The Morgan fingerprint density at radius 1 is 1.44 bits per heavy atom. The van der Waals surface area contributed by atoms with Gasteiger partial charge in [0.2, 0.25) is 5.91 Å². The molecule has 130 valence electrons. The summed E-state index contributed by atoms with van der Waals surface area (Å²) >= 11 is 8.76. The Bertz CT molecular complexity index is 828. The van der Waals surface area contributed by atoms with Crippen molar-refractivity contribution in [1.82, 2.24) is 9.88 Å². The van der Waals surface area contributed by atoms with Crippen LogP contribution in [0.2, 0.25) is 4.34 Å². The SMILES string of the molecule is CN(Cc1ccc(Cl)s1)C(=O)CSc1nc2c(cc1C#N)CCCC2. The van der Waals surface area contributed by atoms with Crippen LogP contribution in [0.15, 0.2) is 23.2 Å². The maximum absolute atomic E-state index is 12.4. The molecular weight excluding hydrogens is 374 g/mol. The second-order valence-electron chi connectivity index (χ2n) is 6.01. The van der Waals surface area contributed by atoms with Crippen molar-refractivity contribution in [1.29, 1.82) is 5.26 Å². The molecule has 2 aromatic rings. The fourth-order valence-electron chi connectivity index (χ4n) is 2.80. The Kier molecular flexibility index (Phi) is 6.00. The molecule has 1 aliphatic carbocycles. The number of thioether (sulfide) groups is 1. The minimum Gasteiger partial charge on any atom is -0.340 e. The summed E-state index contributed by atoms with van der Waals surface area (Å²) in [6.07, 6.45) is 4.25. The maximum atomic E-state index is 12.4. The molecule has 2 heterocycles. The number of pyridine rings is 1. The van der Waals surface area contributed by atoms with Gasteiger partial charge in [0.05, 0.1) is 22.2 Å². The van der Waals surface area contributed by atoms with Crippen LogP contribution < -0.4 is 0 Å². The average molecular weight is 392 g/mol. The number of amides is 1. The van der Waals surface area contributed by atoms with Gasteiger partial charge in [-0.25, -0.2) is 4.98 Å². The number of rotatable bonds is 5. The first-order chi connectivity index (χ1) is 12.1. The van der Waals surface area contributed by atoms with Crippen molar-refractivity contribution in [2.24, 2.45) is 0 Å². The zero-order valence-corrected chi connectivity index (χ0v) is 16.3. The molecule has 0 unspecified atom stereocenters. The molecule has 2 aromatic heterocycles. The smallest absolute Gasteiger partial charge is 0.233 e. The van der Waals surface area contributed by atoms with Crippen LogP contribution in [0.4, 0.5) is 0 Å². The molecule has 0 aromatic carbocycles. The first-order valence-corrected chi connectivity index (χ1v) is 10.3. The van der Waals surface area contributed by atoms with Gasteiger partial charge in [0, 0.05) is 17.6 Å². The van der Waals surface area contributed by atoms with E-state index in [4.69, 9.17) is 11.6 Å². The van der Waals surface area contributed by atoms with Crippen LogP contribution >= 0.6 is 34.7 Å². The van der Waals surface area contributed by atoms with Gasteiger partial charge < -0.3 is 4.90 Å². The lowest BCUT2D eigenvalue weighted by molar-refractivity contribution is -0.127. The van der Waals surface area contributed by atoms with Crippen LogP contribution in [0.25, 0.3) is 0 Å². The first-order valence-electron chi connectivity index (χ1n) is 8.10. The summed E-state index contributed by atoms with van der Waals surface area (Å²) in [5.74, 6) is 0.286. The summed E-state index contributed by atoms with van der Waals surface area (Å²) in [6, 6.07) is 7.94. The van der Waals surface area contributed by atoms with E-state index in [1.807, 2.05) is 18.2 Å². The van der Waals surface area contributed by atoms with Crippen molar-refractivity contribution in [3.63, 3.8) is 0 Å². The fraction of sp³-hybridized carbons (Fsp3) is 0.389. The van der Waals surface area contributed by atoms with Crippen molar-refractivity contribution >= 4 is 40.6 Å². The molecule has 0 saturated carbocycles. The van der Waals surface area contributed by atoms with Crippen LogP contribution in [0.3, 0.4) is 0 Å². The molecule has 25 heavy (non-hydrogen) atoms. The summed E-state index contributed by atoms with van der Waals surface area (Å²) in [7, 11) is 1.78. The quantitative estimate of drug-likeness (QED) is 0.713. The van der Waals surface area contributed by atoms with Crippen molar-refractivity contribution in [3.05, 3.63) is 44.2 Å². The molecule has 0 radical (unpaired) electrons. The van der Waals surface area contributed by atoms with E-state index < -0.39 is 0 Å². The molecule has 1 aliphatic rings. The number of carbonyl (C=O) groups excluding carboxylic acids is 1. The first kappa shape index (κ1) is 18.2. The third-order valence-electron chi connectivity index (χ3n) is 4.17. The maximum Gasteiger partial charge on any atom is 0.233 e. The average Bonchev–Trinajstić information content (AvgIpc) is 3.03. The van der Waals surface area contributed by atoms with E-state index in [9.17, 15) is 10.1 Å². The Morgan fingerprint density at radius 3 is 2.96 bits per heavy atom. The predicted molar refractivity (Wildman–Crippen MR) is 102 cm³/mol. The van der Waals surface area contributed by atoms with Crippen LogP contribution in [-0.4, -0.2) is 28.6 Å². The summed E-state index contributed by atoms with van der Waals surface area (Å²) in [5.41, 5.74) is 2.85. The summed E-state index contributed by atoms with van der Waals surface area (Å²) in [6.45, 7) is 0.541. The van der Waals surface area contributed by atoms with E-state index >= 15 is 0 Å². The molecule has 0 saturated heterocycles. The standard InChI is InChI=1S/C18H18ClN3OS2/c1-22(10-14-6-7-16(19)25-14)17(23)11-24-18-13(9-20)8-12-4-2-3-5-15(12)21-18/h6-8H,2-5,10-11H2,1H3. The third kappa shape index (κ3) is 4.55. The van der Waals surface area contributed by atoms with Gasteiger partial charge in [0.15, 0.2) is 0 Å². The minimum absolute atomic E-state index is 0.0120. The van der Waals surface area contributed by atoms with Crippen LogP contribution in [0.5, 0.6) is 0 Å². The van der Waals surface area contributed by atoms with Crippen molar-refractivity contribution < 1.29 is 4.79 Å². The predicted octanol–water partition coefficient (Wildman–Crippen LogP) is 4.30. The number of nitrogens with zero attached hydrogens (tertiary/aromatic N) is 3. The molecular formula is C18H18ClN3OS2. The lowest BCUT2D eigenvalue weighted by Gasteiger charge is -2.18. The Hall–Kier alpha value is -1.55. The lowest BCUT2D eigenvalue weighted by atomic mass is 9.95. The molecule has 0 N–H and O–H groups in total. The zero-order valence-electron chi connectivity index (χ0n) is 13.9. The van der Waals surface area contributed by atoms with Gasteiger partial charge in [-0.3, -0.25) is 4.79 Å². The second kappa shape index (κ2) is 8.22. The van der Waals surface area contributed by atoms with Crippen LogP contribution in [0, 0.1) is 11.3 Å². The highest BCUT2D eigenvalue weighted by atomic mass is 35.5. The summed E-state index contributed by atoms with van der Waals surface area (Å²) in [5, 5.41) is 10.1. The van der Waals surface area contributed by atoms with Gasteiger partial charge in [-0.1, -0.05) is 23.4 Å². The molecule has 0 fully saturated rings. The van der Waals surface area contributed by atoms with Gasteiger partial charge in [-0.2, -0.15) is 5.26 Å². The Morgan fingerprint density at radius 2 is 2.24 bits per heavy atom. The molecule has 1 amide bonds. The van der Waals surface area contributed by atoms with Crippen molar-refractivity contribution in [2.75, 3.05) is 12.8 Å². The fourth-order valence-corrected chi connectivity index (χ4v) is 4.86. The molecule has 4 nitrogen and oxygen atoms in total. The van der Waals surface area contributed by atoms with E-state index in [-0.39, 0.29) is 11.7 Å². The number of nitriles is 1. The number of thiophene rings is 1. The van der Waals surface area contributed by atoms with Crippen molar-refractivity contribution in [2.45, 2.75) is 37.3 Å². The Labute approximate surface area is 160 Å². The monoisotopic (exact) mass is 391 g/mol. The second-order valence-corrected chi connectivity index (χ2v) is 8.77. The van der Waals surface area contributed by atoms with Gasteiger partial charge in [-0.15, -0.1) is 11.3 Å². The van der Waals surface area contributed by atoms with E-state index in [0.717, 1.165) is 40.6 Å². The molecule has 0 atom stereocenters. The summed E-state index contributed by atoms with van der Waals surface area (Å²) < 4.78 is 0.724. The highest BCUT2D eigenvalue weighted by molar-refractivity contribution is 8.00. The van der Waals surface area contributed by atoms with E-state index in [1.165, 1.54) is 28.7 Å². The molecule has 0 spiro atoms. The van der Waals surface area contributed by atoms with Gasteiger partial charge in [0.1, 0.15) is 11.1 Å². The minimum atomic E-state index is 0.0120. The van der Waals surface area contributed by atoms with E-state index in [1.54, 1.807) is 11.9 Å². The number of halogens is 1. The van der Waals surface area contributed by atoms with Crippen molar-refractivity contribution in [3.8, 4) is 6.07 Å². The number of aromatic nitrogens is 1. The summed E-state index contributed by atoms with van der Waals surface area (Å²) in [4.78, 5) is 19.8. The third-order valence-corrected chi connectivity index (χ3v) is 6.36. The Balaban J connectivity index is 1.64. The number of aryl methyl sites for hydroxylation is 2.